The highest BCUT2D eigenvalue weighted by molar-refractivity contribution is 9.10. The van der Waals surface area contributed by atoms with E-state index in [-0.39, 0.29) is 0 Å². The molecule has 2 heterocycles. The average molecular weight is 269 g/mol. The lowest BCUT2D eigenvalue weighted by Gasteiger charge is -2.06. The Balaban J connectivity index is 2.32. The van der Waals surface area contributed by atoms with Crippen molar-refractivity contribution in [2.24, 2.45) is 5.73 Å². The molecule has 2 N–H and O–H groups in total. The Hall–Kier alpha value is -1.27. The summed E-state index contributed by atoms with van der Waals surface area (Å²) in [5, 5.41) is 3.77. The fraction of sp³-hybridized carbons (Fsp3) is 0.222. The Morgan fingerprint density at radius 1 is 1.47 bits per heavy atom. The molecule has 0 radical (unpaired) electrons. The van der Waals surface area contributed by atoms with Crippen molar-refractivity contribution < 1.29 is 4.52 Å². The van der Waals surface area contributed by atoms with Crippen molar-refractivity contribution in [3.05, 3.63) is 40.2 Å². The van der Waals surface area contributed by atoms with E-state index < -0.39 is 6.04 Å². The predicted octanol–water partition coefficient (Wildman–Crippen LogP) is 1.58. The van der Waals surface area contributed by atoms with E-state index in [0.29, 0.717) is 11.7 Å². The van der Waals surface area contributed by atoms with E-state index in [2.05, 4.69) is 31.1 Å². The first kappa shape index (κ1) is 10.3. The third-order valence-corrected chi connectivity index (χ3v) is 2.34. The number of halogens is 1. The number of pyridine rings is 1. The third kappa shape index (κ3) is 2.21. The summed E-state index contributed by atoms with van der Waals surface area (Å²) in [4.78, 5) is 8.10. The lowest BCUT2D eigenvalue weighted by atomic mass is 10.1. The second-order valence-corrected chi connectivity index (χ2v) is 4.00. The maximum atomic E-state index is 5.95. The summed E-state index contributed by atoms with van der Waals surface area (Å²) in [6.07, 6.45) is 3.37. The third-order valence-electron chi connectivity index (χ3n) is 1.91. The normalized spacial score (nSPS) is 12.7. The van der Waals surface area contributed by atoms with Gasteiger partial charge in [-0.05, 0) is 27.6 Å². The second-order valence-electron chi connectivity index (χ2n) is 3.09. The van der Waals surface area contributed by atoms with Crippen LogP contribution in [0.15, 0.2) is 27.5 Å². The van der Waals surface area contributed by atoms with Crippen LogP contribution in [0.25, 0.3) is 0 Å². The van der Waals surface area contributed by atoms with Gasteiger partial charge in [-0.1, -0.05) is 5.16 Å². The van der Waals surface area contributed by atoms with Gasteiger partial charge in [0.15, 0.2) is 5.82 Å². The summed E-state index contributed by atoms with van der Waals surface area (Å²) in [5.41, 5.74) is 6.79. The van der Waals surface area contributed by atoms with E-state index in [9.17, 15) is 0 Å². The Labute approximate surface area is 94.8 Å². The van der Waals surface area contributed by atoms with Gasteiger partial charge in [0.05, 0.1) is 6.04 Å². The van der Waals surface area contributed by atoms with Crippen molar-refractivity contribution in [3.63, 3.8) is 0 Å². The van der Waals surface area contributed by atoms with Gasteiger partial charge in [-0.2, -0.15) is 4.98 Å². The zero-order chi connectivity index (χ0) is 10.8. The average Bonchev–Trinajstić information content (AvgIpc) is 2.64. The van der Waals surface area contributed by atoms with Crippen LogP contribution in [0.2, 0.25) is 0 Å². The molecule has 2 aromatic rings. The summed E-state index contributed by atoms with van der Waals surface area (Å²) < 4.78 is 5.74. The molecule has 0 saturated heterocycles. The van der Waals surface area contributed by atoms with E-state index in [1.807, 2.05) is 6.07 Å². The minimum absolute atomic E-state index is 0.410. The van der Waals surface area contributed by atoms with Crippen molar-refractivity contribution in [1.29, 1.82) is 0 Å². The van der Waals surface area contributed by atoms with Gasteiger partial charge in [0.2, 0.25) is 5.89 Å². The first-order valence-electron chi connectivity index (χ1n) is 4.33. The summed E-state index contributed by atoms with van der Waals surface area (Å²) in [7, 11) is 0. The second kappa shape index (κ2) is 4.08. The Morgan fingerprint density at radius 2 is 2.27 bits per heavy atom. The minimum Gasteiger partial charge on any atom is -0.340 e. The zero-order valence-electron chi connectivity index (χ0n) is 8.01. The van der Waals surface area contributed by atoms with Crippen molar-refractivity contribution in [2.45, 2.75) is 13.0 Å². The molecule has 0 amide bonds. The molecule has 0 spiro atoms. The standard InChI is InChI=1S/C9H9BrN4O/c1-5-13-9(14-15-5)8(11)6-2-7(10)4-12-3-6/h2-4,8H,11H2,1H3. The molecule has 2 aromatic heterocycles. The number of rotatable bonds is 2. The first-order valence-corrected chi connectivity index (χ1v) is 5.12. The van der Waals surface area contributed by atoms with Crippen LogP contribution in [-0.4, -0.2) is 15.1 Å². The minimum atomic E-state index is -0.410. The van der Waals surface area contributed by atoms with Gasteiger partial charge in [-0.3, -0.25) is 4.98 Å². The molecular weight excluding hydrogens is 260 g/mol. The first-order chi connectivity index (χ1) is 7.16. The quantitative estimate of drug-likeness (QED) is 0.895. The number of hydrogen-bond donors (Lipinski definition) is 1. The van der Waals surface area contributed by atoms with Crippen LogP contribution in [0.4, 0.5) is 0 Å². The molecule has 5 nitrogen and oxygen atoms in total. The summed E-state index contributed by atoms with van der Waals surface area (Å²) in [5.74, 6) is 0.968. The topological polar surface area (TPSA) is 77.8 Å². The number of hydrogen-bond acceptors (Lipinski definition) is 5. The van der Waals surface area contributed by atoms with Gasteiger partial charge in [0, 0.05) is 23.8 Å². The molecule has 0 bridgehead atoms. The van der Waals surface area contributed by atoms with E-state index in [0.717, 1.165) is 10.0 Å². The Kier molecular flexibility index (Phi) is 2.79. The number of nitrogens with two attached hydrogens (primary N) is 1. The molecule has 0 saturated carbocycles. The van der Waals surface area contributed by atoms with Crippen LogP contribution in [-0.2, 0) is 0 Å². The van der Waals surface area contributed by atoms with Crippen molar-refractivity contribution in [1.82, 2.24) is 15.1 Å². The molecule has 15 heavy (non-hydrogen) atoms. The van der Waals surface area contributed by atoms with Crippen molar-refractivity contribution in [2.75, 3.05) is 0 Å². The summed E-state index contributed by atoms with van der Waals surface area (Å²) >= 11 is 3.33. The predicted molar refractivity (Wildman–Crippen MR) is 57.0 cm³/mol. The van der Waals surface area contributed by atoms with Gasteiger partial charge in [0.1, 0.15) is 0 Å². The highest BCUT2D eigenvalue weighted by atomic mass is 79.9. The van der Waals surface area contributed by atoms with Gasteiger partial charge in [0.25, 0.3) is 0 Å². The lowest BCUT2D eigenvalue weighted by Crippen LogP contribution is -2.13. The monoisotopic (exact) mass is 268 g/mol. The smallest absolute Gasteiger partial charge is 0.223 e. The molecule has 0 aliphatic rings. The Bertz CT molecular complexity index is 471. The lowest BCUT2D eigenvalue weighted by molar-refractivity contribution is 0.385. The highest BCUT2D eigenvalue weighted by Crippen LogP contribution is 2.19. The van der Waals surface area contributed by atoms with E-state index in [1.54, 1.807) is 19.3 Å². The molecule has 2 rings (SSSR count). The maximum Gasteiger partial charge on any atom is 0.223 e. The Morgan fingerprint density at radius 3 is 2.87 bits per heavy atom. The molecule has 0 aliphatic heterocycles. The van der Waals surface area contributed by atoms with Crippen LogP contribution in [0.3, 0.4) is 0 Å². The SMILES string of the molecule is Cc1nc(C(N)c2cncc(Br)c2)no1. The molecule has 0 fully saturated rings. The fourth-order valence-electron chi connectivity index (χ4n) is 1.19. The van der Waals surface area contributed by atoms with Crippen LogP contribution >= 0.6 is 15.9 Å². The van der Waals surface area contributed by atoms with Crippen LogP contribution in [0.1, 0.15) is 23.3 Å². The van der Waals surface area contributed by atoms with E-state index in [1.165, 1.54) is 0 Å². The molecule has 0 aliphatic carbocycles. The fourth-order valence-corrected chi connectivity index (χ4v) is 1.57. The van der Waals surface area contributed by atoms with Gasteiger partial charge < -0.3 is 10.3 Å². The molecule has 1 unspecified atom stereocenters. The van der Waals surface area contributed by atoms with Gasteiger partial charge in [-0.15, -0.1) is 0 Å². The van der Waals surface area contributed by atoms with Crippen LogP contribution < -0.4 is 5.73 Å². The molecule has 6 heteroatoms. The number of nitrogens with zero attached hydrogens (tertiary/aromatic N) is 3. The van der Waals surface area contributed by atoms with E-state index in [4.69, 9.17) is 10.3 Å². The summed E-state index contributed by atoms with van der Waals surface area (Å²) in [6.45, 7) is 1.72. The highest BCUT2D eigenvalue weighted by Gasteiger charge is 2.15. The summed E-state index contributed by atoms with van der Waals surface area (Å²) in [6, 6.07) is 1.47. The molecular formula is C9H9BrN4O. The zero-order valence-corrected chi connectivity index (χ0v) is 9.60. The molecule has 0 aromatic carbocycles. The van der Waals surface area contributed by atoms with E-state index >= 15 is 0 Å². The van der Waals surface area contributed by atoms with Gasteiger partial charge in [-0.25, -0.2) is 0 Å². The molecule has 78 valence electrons. The van der Waals surface area contributed by atoms with Crippen molar-refractivity contribution in [3.8, 4) is 0 Å². The largest absolute Gasteiger partial charge is 0.340 e. The number of aryl methyl sites for hydroxylation is 1. The molecule has 1 atom stereocenters. The maximum absolute atomic E-state index is 5.95. The van der Waals surface area contributed by atoms with Crippen LogP contribution in [0.5, 0.6) is 0 Å². The van der Waals surface area contributed by atoms with Gasteiger partial charge >= 0.3 is 0 Å². The number of aromatic nitrogens is 3. The van der Waals surface area contributed by atoms with Crippen LogP contribution in [0, 0.1) is 6.92 Å². The van der Waals surface area contributed by atoms with Crippen molar-refractivity contribution >= 4 is 15.9 Å².